The van der Waals surface area contributed by atoms with Gasteiger partial charge in [0.1, 0.15) is 11.5 Å². The lowest BCUT2D eigenvalue weighted by atomic mass is 9.68. The summed E-state index contributed by atoms with van der Waals surface area (Å²) in [6.07, 6.45) is 8.28. The van der Waals surface area contributed by atoms with Crippen LogP contribution in [0.25, 0.3) is 22.7 Å². The van der Waals surface area contributed by atoms with Crippen molar-refractivity contribution in [2.24, 2.45) is 0 Å². The average molecular weight is 713 g/mol. The molecule has 264 valence electrons. The van der Waals surface area contributed by atoms with Gasteiger partial charge in [0.25, 0.3) is 5.79 Å². The van der Waals surface area contributed by atoms with Gasteiger partial charge < -0.3 is 18.9 Å². The molecule has 5 heteroatoms. The molecule has 0 bridgehead atoms. The molecule has 0 N–H and O–H groups in total. The minimum atomic E-state index is -0.781. The number of rotatable bonds is 1. The molecule has 4 aliphatic heterocycles. The fraction of sp³-hybridized carbons (Fsp3) is 0.292. The monoisotopic (exact) mass is 712 g/mol. The second kappa shape index (κ2) is 10.6. The van der Waals surface area contributed by atoms with Crippen LogP contribution in [0.4, 0.5) is 17.1 Å². The third kappa shape index (κ3) is 4.37. The van der Waals surface area contributed by atoms with Crippen LogP contribution in [0.2, 0.25) is 0 Å². The maximum absolute atomic E-state index is 7.28. The second-order valence-corrected chi connectivity index (χ2v) is 18.3. The van der Waals surface area contributed by atoms with Crippen LogP contribution in [0, 0.1) is 6.92 Å². The number of fused-ring (bicyclic) bond motifs is 9. The van der Waals surface area contributed by atoms with Crippen molar-refractivity contribution in [3.8, 4) is 17.2 Å². The summed E-state index contributed by atoms with van der Waals surface area (Å²) in [4.78, 5) is 5.13. The molecule has 0 saturated carbocycles. The van der Waals surface area contributed by atoms with Crippen molar-refractivity contribution >= 4 is 45.8 Å². The Balaban J connectivity index is 1.02. The maximum atomic E-state index is 7.28. The molecular formula is C48H44N2O2S. The van der Waals surface area contributed by atoms with E-state index in [4.69, 9.17) is 9.47 Å². The molecule has 53 heavy (non-hydrogen) atoms. The van der Waals surface area contributed by atoms with Crippen molar-refractivity contribution in [3.63, 3.8) is 0 Å². The average Bonchev–Trinajstić information content (AvgIpc) is 3.46. The van der Waals surface area contributed by atoms with Gasteiger partial charge >= 0.3 is 0 Å². The Bertz CT molecular complexity index is 2610. The van der Waals surface area contributed by atoms with E-state index in [2.05, 4.69) is 154 Å². The number of benzene rings is 5. The van der Waals surface area contributed by atoms with E-state index in [-0.39, 0.29) is 16.7 Å². The molecule has 2 unspecified atom stereocenters. The molecule has 1 aromatic heterocycles. The minimum Gasteiger partial charge on any atom is -0.452 e. The number of hydrogen-bond acceptors (Lipinski definition) is 4. The van der Waals surface area contributed by atoms with Crippen molar-refractivity contribution in [3.05, 3.63) is 136 Å². The van der Waals surface area contributed by atoms with Crippen LogP contribution in [0.3, 0.4) is 0 Å². The Morgan fingerprint density at radius 1 is 0.717 bits per heavy atom. The number of aromatic nitrogens is 1. The van der Waals surface area contributed by atoms with Crippen LogP contribution < -0.4 is 14.4 Å². The number of ether oxygens (including phenoxy) is 2. The van der Waals surface area contributed by atoms with E-state index < -0.39 is 5.79 Å². The lowest BCUT2D eigenvalue weighted by Gasteiger charge is -2.52. The third-order valence-corrected chi connectivity index (χ3v) is 13.9. The molecule has 0 amide bonds. The fourth-order valence-corrected chi connectivity index (χ4v) is 11.6. The van der Waals surface area contributed by atoms with Crippen LogP contribution in [-0.2, 0) is 17.3 Å². The van der Waals surface area contributed by atoms with Crippen LogP contribution >= 0.6 is 11.8 Å². The first-order chi connectivity index (χ1) is 25.5. The molecule has 0 radical (unpaired) electrons. The summed E-state index contributed by atoms with van der Waals surface area (Å²) in [5, 5.41) is 1.32. The molecule has 5 aromatic carbocycles. The van der Waals surface area contributed by atoms with Crippen molar-refractivity contribution in [2.75, 3.05) is 4.90 Å². The van der Waals surface area contributed by atoms with E-state index in [1.54, 1.807) is 0 Å². The smallest absolute Gasteiger partial charge is 0.252 e. The topological polar surface area (TPSA) is 26.6 Å². The van der Waals surface area contributed by atoms with E-state index in [0.717, 1.165) is 37.2 Å². The Kier molecular flexibility index (Phi) is 6.35. The van der Waals surface area contributed by atoms with Crippen molar-refractivity contribution < 1.29 is 9.47 Å². The molecule has 1 spiro atoms. The van der Waals surface area contributed by atoms with Crippen LogP contribution in [-0.4, -0.2) is 10.4 Å². The molecule has 4 nitrogen and oxygen atoms in total. The summed E-state index contributed by atoms with van der Waals surface area (Å²) >= 11 is 1.88. The Hall–Kier alpha value is -4.87. The standard InChI is InChI=1S/C48H44N2O2S/c1-28-22-41-34(24-39(28)49-36-17-9-7-14-31(36)32-15-8-10-18-37(32)49)46(3,4)26-48(51-41)27-47(5,6)35-25-40-33(23-42(35)52-48)29(2)30-16-13-21-44-45(30)50(40)38-19-11-12-20-43(38)53-44/h7-9,11-17,19-25,29H,10,18,26-27H2,1-6H3. The number of hydrogen-bond donors (Lipinski definition) is 0. The van der Waals surface area contributed by atoms with Crippen molar-refractivity contribution in [2.45, 2.75) is 99.6 Å². The van der Waals surface area contributed by atoms with Gasteiger partial charge in [0, 0.05) is 72.8 Å². The van der Waals surface area contributed by atoms with Crippen molar-refractivity contribution in [1.82, 2.24) is 4.57 Å². The molecule has 5 aliphatic rings. The molecule has 2 atom stereocenters. The second-order valence-electron chi connectivity index (χ2n) is 17.3. The van der Waals surface area contributed by atoms with Crippen molar-refractivity contribution in [1.29, 1.82) is 0 Å². The lowest BCUT2D eigenvalue weighted by Crippen LogP contribution is -2.55. The number of anilines is 3. The number of nitrogens with zero attached hydrogens (tertiary/aromatic N) is 2. The first-order valence-corrected chi connectivity index (χ1v) is 20.0. The maximum Gasteiger partial charge on any atom is 0.252 e. The first kappa shape index (κ1) is 31.6. The molecule has 0 saturated heterocycles. The van der Waals surface area contributed by atoms with Gasteiger partial charge in [-0.25, -0.2) is 0 Å². The predicted molar refractivity (Wildman–Crippen MR) is 217 cm³/mol. The zero-order chi connectivity index (χ0) is 36.0. The normalized spacial score (nSPS) is 22.2. The van der Waals surface area contributed by atoms with E-state index >= 15 is 0 Å². The fourth-order valence-electron chi connectivity index (χ4n) is 10.5. The molecular weight excluding hydrogens is 669 g/mol. The first-order valence-electron chi connectivity index (χ1n) is 19.2. The van der Waals surface area contributed by atoms with E-state index in [9.17, 15) is 0 Å². The number of allylic oxidation sites excluding steroid dienone is 1. The van der Waals surface area contributed by atoms with Gasteiger partial charge in [0.2, 0.25) is 0 Å². The Labute approximate surface area is 316 Å². The third-order valence-electron chi connectivity index (χ3n) is 12.7. The summed E-state index contributed by atoms with van der Waals surface area (Å²) in [7, 11) is 0. The van der Waals surface area contributed by atoms with Crippen LogP contribution in [0.1, 0.15) is 98.9 Å². The van der Waals surface area contributed by atoms with Gasteiger partial charge in [-0.3, -0.25) is 0 Å². The molecule has 0 fully saturated rings. The highest BCUT2D eigenvalue weighted by Gasteiger charge is 2.54. The highest BCUT2D eigenvalue weighted by molar-refractivity contribution is 7.99. The predicted octanol–water partition coefficient (Wildman–Crippen LogP) is 12.8. The molecule has 11 rings (SSSR count). The summed E-state index contributed by atoms with van der Waals surface area (Å²) in [6.45, 7) is 14.1. The Morgan fingerprint density at radius 3 is 2.23 bits per heavy atom. The van der Waals surface area contributed by atoms with Crippen LogP contribution in [0.5, 0.6) is 11.5 Å². The highest BCUT2D eigenvalue weighted by Crippen LogP contribution is 2.61. The number of para-hydroxylation sites is 3. The summed E-state index contributed by atoms with van der Waals surface area (Å²) < 4.78 is 17.0. The molecule has 5 heterocycles. The quantitative estimate of drug-likeness (QED) is 0.169. The highest BCUT2D eigenvalue weighted by atomic mass is 32.2. The van der Waals surface area contributed by atoms with Gasteiger partial charge in [-0.15, -0.1) is 0 Å². The zero-order valence-corrected chi connectivity index (χ0v) is 32.2. The molecule has 6 aromatic rings. The number of aryl methyl sites for hydroxylation is 1. The van der Waals surface area contributed by atoms with Gasteiger partial charge in [-0.2, -0.15) is 0 Å². The van der Waals surface area contributed by atoms with E-state index in [1.807, 2.05) is 11.8 Å². The summed E-state index contributed by atoms with van der Waals surface area (Å²) in [5.74, 6) is 1.35. The minimum absolute atomic E-state index is 0.182. The SMILES string of the molecule is Cc1cc2c(cc1-n1c3c(c4ccccc41)C=CCC3)C(C)(C)CC1(CC(C)(C)c3cc4c(cc3O1)C(C)c1cccc3c1N4c1ccccc1S3)O2. The zero-order valence-electron chi connectivity index (χ0n) is 31.3. The summed E-state index contributed by atoms with van der Waals surface area (Å²) in [6, 6.07) is 34.0. The van der Waals surface area contributed by atoms with E-state index in [1.165, 1.54) is 82.5 Å². The van der Waals surface area contributed by atoms with Crippen LogP contribution in [0.15, 0.2) is 107 Å². The summed E-state index contributed by atoms with van der Waals surface area (Å²) in [5.41, 5.74) is 15.2. The van der Waals surface area contributed by atoms with Gasteiger partial charge in [-0.1, -0.05) is 101 Å². The largest absolute Gasteiger partial charge is 0.452 e. The van der Waals surface area contributed by atoms with E-state index in [0.29, 0.717) is 0 Å². The Morgan fingerprint density at radius 2 is 1.42 bits per heavy atom. The molecule has 1 aliphatic carbocycles. The lowest BCUT2D eigenvalue weighted by molar-refractivity contribution is -0.166. The van der Waals surface area contributed by atoms with Gasteiger partial charge in [0.15, 0.2) is 0 Å². The van der Waals surface area contributed by atoms with Gasteiger partial charge in [-0.05, 0) is 85.0 Å². The van der Waals surface area contributed by atoms with Gasteiger partial charge in [0.05, 0.1) is 22.6 Å².